The minimum Gasteiger partial charge on any atom is -0.486 e. The number of rotatable bonds is 2. The van der Waals surface area contributed by atoms with Gasteiger partial charge in [0.1, 0.15) is 12.7 Å². The van der Waals surface area contributed by atoms with Crippen LogP contribution in [0.4, 0.5) is 0 Å². The van der Waals surface area contributed by atoms with Gasteiger partial charge in [-0.25, -0.2) is 0 Å². The average molecular weight is 305 g/mol. The molecule has 0 spiro atoms. The number of benzene rings is 2. The third-order valence-electron chi connectivity index (χ3n) is 3.75. The van der Waals surface area contributed by atoms with Gasteiger partial charge in [-0.15, -0.1) is 0 Å². The van der Waals surface area contributed by atoms with E-state index >= 15 is 0 Å². The second kappa shape index (κ2) is 5.58. The van der Waals surface area contributed by atoms with E-state index in [-0.39, 0.29) is 0 Å². The minimum absolute atomic E-state index is 0.319. The smallest absolute Gasteiger partial charge is 0.163 e. The first-order valence-corrected chi connectivity index (χ1v) is 7.27. The molecular formula is C17H17ClO3. The van der Waals surface area contributed by atoms with Gasteiger partial charge in [0.15, 0.2) is 17.6 Å². The summed E-state index contributed by atoms with van der Waals surface area (Å²) in [4.78, 5) is 0. The zero-order chi connectivity index (χ0) is 15.0. The monoisotopic (exact) mass is 304 g/mol. The number of para-hydroxylation sites is 2. The molecule has 1 heterocycles. The molecule has 0 amide bonds. The molecule has 3 rings (SSSR count). The van der Waals surface area contributed by atoms with Crippen LogP contribution in [0.25, 0.3) is 0 Å². The van der Waals surface area contributed by atoms with Crippen molar-refractivity contribution in [2.75, 3.05) is 6.61 Å². The van der Waals surface area contributed by atoms with Crippen molar-refractivity contribution in [1.82, 2.24) is 0 Å². The Morgan fingerprint density at radius 2 is 1.86 bits per heavy atom. The van der Waals surface area contributed by atoms with Gasteiger partial charge in [0.05, 0.1) is 0 Å². The van der Waals surface area contributed by atoms with Crippen molar-refractivity contribution >= 4 is 11.6 Å². The van der Waals surface area contributed by atoms with E-state index in [4.69, 9.17) is 21.1 Å². The lowest BCUT2D eigenvalue weighted by Crippen LogP contribution is -2.35. The summed E-state index contributed by atoms with van der Waals surface area (Å²) in [6, 6.07) is 11.3. The molecule has 0 aliphatic carbocycles. The maximum atomic E-state index is 10.6. The highest BCUT2D eigenvalue weighted by molar-refractivity contribution is 6.31. The number of halogens is 1. The molecule has 2 aromatic carbocycles. The summed E-state index contributed by atoms with van der Waals surface area (Å²) in [6.45, 7) is 4.17. The number of hydrogen-bond acceptors (Lipinski definition) is 3. The van der Waals surface area contributed by atoms with Crippen LogP contribution in [0.15, 0.2) is 36.4 Å². The lowest BCUT2D eigenvalue weighted by atomic mass is 9.97. The summed E-state index contributed by atoms with van der Waals surface area (Å²) in [7, 11) is 0. The molecule has 1 N–H and O–H groups in total. The van der Waals surface area contributed by atoms with Gasteiger partial charge in [-0.2, -0.15) is 0 Å². The van der Waals surface area contributed by atoms with Gasteiger partial charge in [-0.05, 0) is 48.7 Å². The fraction of sp³-hybridized carbons (Fsp3) is 0.294. The molecule has 1 aliphatic rings. The third-order valence-corrected chi connectivity index (χ3v) is 4.16. The summed E-state index contributed by atoms with van der Waals surface area (Å²) in [5.74, 6) is 1.38. The SMILES string of the molecule is Cc1cc(C(O)C2COc3ccccc3O2)c(C)cc1Cl. The average Bonchev–Trinajstić information content (AvgIpc) is 2.50. The molecule has 1 aliphatic heterocycles. The summed E-state index contributed by atoms with van der Waals surface area (Å²) >= 11 is 6.11. The van der Waals surface area contributed by atoms with Gasteiger partial charge in [0, 0.05) is 5.02 Å². The van der Waals surface area contributed by atoms with Crippen molar-refractivity contribution < 1.29 is 14.6 Å². The van der Waals surface area contributed by atoms with Crippen molar-refractivity contribution in [3.05, 3.63) is 58.1 Å². The Bertz CT molecular complexity index is 669. The standard InChI is InChI=1S/C17H17ClO3/c1-10-8-13(18)11(2)7-12(10)17(19)16-9-20-14-5-3-4-6-15(14)21-16/h3-8,16-17,19H,9H2,1-2H3. The lowest BCUT2D eigenvalue weighted by molar-refractivity contribution is -0.0116. The first-order valence-electron chi connectivity index (χ1n) is 6.89. The fourth-order valence-corrected chi connectivity index (χ4v) is 2.73. The van der Waals surface area contributed by atoms with Gasteiger partial charge in [-0.1, -0.05) is 29.8 Å². The highest BCUT2D eigenvalue weighted by atomic mass is 35.5. The number of hydrogen-bond donors (Lipinski definition) is 1. The maximum absolute atomic E-state index is 10.6. The van der Waals surface area contributed by atoms with Gasteiger partial charge in [0.25, 0.3) is 0 Å². The molecule has 2 atom stereocenters. The van der Waals surface area contributed by atoms with Crippen LogP contribution in [0.1, 0.15) is 22.8 Å². The minimum atomic E-state index is -0.755. The molecule has 4 heteroatoms. The maximum Gasteiger partial charge on any atom is 0.163 e. The number of fused-ring (bicyclic) bond motifs is 1. The Kier molecular flexibility index (Phi) is 3.79. The van der Waals surface area contributed by atoms with Crippen LogP contribution in [-0.2, 0) is 0 Å². The number of aliphatic hydroxyl groups excluding tert-OH is 1. The molecule has 0 radical (unpaired) electrons. The number of aryl methyl sites for hydroxylation is 2. The molecule has 110 valence electrons. The Balaban J connectivity index is 1.87. The summed E-state index contributed by atoms with van der Waals surface area (Å²) in [6.07, 6.45) is -1.19. The lowest BCUT2D eigenvalue weighted by Gasteiger charge is -2.30. The highest BCUT2D eigenvalue weighted by Crippen LogP contribution is 2.35. The van der Waals surface area contributed by atoms with E-state index in [2.05, 4.69) is 0 Å². The largest absolute Gasteiger partial charge is 0.486 e. The van der Waals surface area contributed by atoms with Gasteiger partial charge in [-0.3, -0.25) is 0 Å². The second-order valence-electron chi connectivity index (χ2n) is 5.32. The van der Waals surface area contributed by atoms with Gasteiger partial charge >= 0.3 is 0 Å². The zero-order valence-electron chi connectivity index (χ0n) is 12.0. The van der Waals surface area contributed by atoms with E-state index in [1.807, 2.05) is 50.2 Å². The molecule has 0 saturated heterocycles. The number of ether oxygens (including phenoxy) is 2. The van der Waals surface area contributed by atoms with Crippen LogP contribution < -0.4 is 9.47 Å². The van der Waals surface area contributed by atoms with Crippen LogP contribution in [0.5, 0.6) is 11.5 Å². The normalized spacial score (nSPS) is 18.4. The summed E-state index contributed by atoms with van der Waals surface area (Å²) in [5, 5.41) is 11.3. The molecule has 0 bridgehead atoms. The van der Waals surface area contributed by atoms with E-state index in [1.165, 1.54) is 0 Å². The van der Waals surface area contributed by atoms with E-state index in [0.717, 1.165) is 16.7 Å². The first-order chi connectivity index (χ1) is 10.1. The van der Waals surface area contributed by atoms with Crippen LogP contribution in [0, 0.1) is 13.8 Å². The number of aliphatic hydroxyl groups is 1. The fourth-order valence-electron chi connectivity index (χ4n) is 2.51. The van der Waals surface area contributed by atoms with Crippen LogP contribution >= 0.6 is 11.6 Å². The van der Waals surface area contributed by atoms with E-state index in [0.29, 0.717) is 23.1 Å². The molecule has 2 aromatic rings. The Morgan fingerprint density at radius 3 is 2.62 bits per heavy atom. The first kappa shape index (κ1) is 14.2. The van der Waals surface area contributed by atoms with E-state index < -0.39 is 12.2 Å². The Labute approximate surface area is 129 Å². The molecular weight excluding hydrogens is 288 g/mol. The second-order valence-corrected chi connectivity index (χ2v) is 5.72. The van der Waals surface area contributed by atoms with E-state index in [9.17, 15) is 5.11 Å². The highest BCUT2D eigenvalue weighted by Gasteiger charge is 2.29. The van der Waals surface area contributed by atoms with Crippen LogP contribution in [-0.4, -0.2) is 17.8 Å². The molecule has 0 saturated carbocycles. The Morgan fingerprint density at radius 1 is 1.14 bits per heavy atom. The van der Waals surface area contributed by atoms with Gasteiger partial charge < -0.3 is 14.6 Å². The molecule has 21 heavy (non-hydrogen) atoms. The predicted octanol–water partition coefficient (Wildman–Crippen LogP) is 3.83. The van der Waals surface area contributed by atoms with Crippen molar-refractivity contribution in [2.45, 2.75) is 26.1 Å². The molecule has 0 aromatic heterocycles. The van der Waals surface area contributed by atoms with Gasteiger partial charge in [0.2, 0.25) is 0 Å². The molecule has 2 unspecified atom stereocenters. The topological polar surface area (TPSA) is 38.7 Å². The Hall–Kier alpha value is -1.71. The zero-order valence-corrected chi connectivity index (χ0v) is 12.7. The quantitative estimate of drug-likeness (QED) is 0.916. The van der Waals surface area contributed by atoms with Crippen molar-refractivity contribution in [3.63, 3.8) is 0 Å². The van der Waals surface area contributed by atoms with Crippen LogP contribution in [0.3, 0.4) is 0 Å². The third kappa shape index (κ3) is 2.71. The van der Waals surface area contributed by atoms with Crippen molar-refractivity contribution in [2.24, 2.45) is 0 Å². The van der Waals surface area contributed by atoms with Crippen molar-refractivity contribution in [1.29, 1.82) is 0 Å². The molecule has 3 nitrogen and oxygen atoms in total. The molecule has 0 fully saturated rings. The summed E-state index contributed by atoms with van der Waals surface area (Å²) in [5.41, 5.74) is 2.71. The predicted molar refractivity (Wildman–Crippen MR) is 82.2 cm³/mol. The summed E-state index contributed by atoms with van der Waals surface area (Å²) < 4.78 is 11.5. The van der Waals surface area contributed by atoms with Crippen LogP contribution in [0.2, 0.25) is 5.02 Å². The van der Waals surface area contributed by atoms with E-state index in [1.54, 1.807) is 0 Å². The van der Waals surface area contributed by atoms with Crippen molar-refractivity contribution in [3.8, 4) is 11.5 Å².